The monoisotopic (exact) mass is 341 g/mol. The third-order valence-corrected chi connectivity index (χ3v) is 4.58. The number of amides is 1. The fourth-order valence-electron chi connectivity index (χ4n) is 3.18. The molecule has 1 saturated heterocycles. The zero-order valence-electron chi connectivity index (χ0n) is 14.3. The van der Waals surface area contributed by atoms with Gasteiger partial charge in [0.05, 0.1) is 18.7 Å². The van der Waals surface area contributed by atoms with Crippen LogP contribution >= 0.6 is 0 Å². The van der Waals surface area contributed by atoms with Crippen molar-refractivity contribution < 1.29 is 9.53 Å². The number of methoxy groups -OCH3 is 1. The van der Waals surface area contributed by atoms with E-state index in [-0.39, 0.29) is 17.5 Å². The average molecular weight is 341 g/mol. The minimum absolute atomic E-state index is 0.125. The van der Waals surface area contributed by atoms with Crippen LogP contribution in [-0.4, -0.2) is 42.5 Å². The molecule has 132 valence electrons. The van der Waals surface area contributed by atoms with Crippen molar-refractivity contribution in [1.82, 2.24) is 15.2 Å². The molecule has 6 heteroatoms. The lowest BCUT2D eigenvalue weighted by atomic mass is 10.0. The van der Waals surface area contributed by atoms with Crippen LogP contribution < -0.4 is 15.6 Å². The first-order valence-electron chi connectivity index (χ1n) is 8.52. The molecule has 1 aliphatic rings. The Morgan fingerprint density at radius 2 is 1.92 bits per heavy atom. The van der Waals surface area contributed by atoms with Gasteiger partial charge in [-0.05, 0) is 49.7 Å². The summed E-state index contributed by atoms with van der Waals surface area (Å²) in [5.74, 6) is 0.634. The van der Waals surface area contributed by atoms with E-state index in [4.69, 9.17) is 4.74 Å². The highest BCUT2D eigenvalue weighted by atomic mass is 16.5. The minimum atomic E-state index is -0.218. The molecule has 0 radical (unpaired) electrons. The number of ether oxygens (including phenoxy) is 1. The van der Waals surface area contributed by atoms with Gasteiger partial charge in [0.15, 0.2) is 0 Å². The van der Waals surface area contributed by atoms with Gasteiger partial charge < -0.3 is 15.0 Å². The van der Waals surface area contributed by atoms with E-state index in [0.717, 1.165) is 24.4 Å². The van der Waals surface area contributed by atoms with Gasteiger partial charge in [-0.15, -0.1) is 0 Å². The van der Waals surface area contributed by atoms with E-state index in [2.05, 4.69) is 15.2 Å². The van der Waals surface area contributed by atoms with Crippen LogP contribution in [0.1, 0.15) is 34.8 Å². The summed E-state index contributed by atoms with van der Waals surface area (Å²) >= 11 is 0. The molecule has 0 saturated carbocycles. The predicted octanol–water partition coefficient (Wildman–Crippen LogP) is 1.95. The Balaban J connectivity index is 1.71. The summed E-state index contributed by atoms with van der Waals surface area (Å²) < 4.78 is 5.23. The molecule has 1 fully saturated rings. The summed E-state index contributed by atoms with van der Waals surface area (Å²) in [6, 6.07) is 11.0. The number of aromatic nitrogens is 1. The van der Waals surface area contributed by atoms with Crippen LogP contribution in [0.25, 0.3) is 0 Å². The highest BCUT2D eigenvalue weighted by Gasteiger charge is 2.24. The van der Waals surface area contributed by atoms with Crippen molar-refractivity contribution in [2.24, 2.45) is 0 Å². The summed E-state index contributed by atoms with van der Waals surface area (Å²) in [4.78, 5) is 28.4. The van der Waals surface area contributed by atoms with Gasteiger partial charge >= 0.3 is 0 Å². The number of likely N-dealkylation sites (tertiary alicyclic amines) is 1. The number of carbonyl (C=O) groups is 1. The third-order valence-electron chi connectivity index (χ3n) is 4.58. The van der Waals surface area contributed by atoms with Crippen LogP contribution in [0.15, 0.2) is 47.4 Å². The van der Waals surface area contributed by atoms with Crippen LogP contribution in [-0.2, 0) is 0 Å². The van der Waals surface area contributed by atoms with Crippen molar-refractivity contribution in [3.8, 4) is 5.75 Å². The predicted molar refractivity (Wildman–Crippen MR) is 95.9 cm³/mol. The number of hydrogen-bond acceptors (Lipinski definition) is 4. The maximum atomic E-state index is 12.3. The number of nitrogens with zero attached hydrogens (tertiary/aromatic N) is 1. The first-order valence-corrected chi connectivity index (χ1v) is 8.52. The van der Waals surface area contributed by atoms with Gasteiger partial charge in [-0.25, -0.2) is 0 Å². The average Bonchev–Trinajstić information content (AvgIpc) is 3.17. The highest BCUT2D eigenvalue weighted by Crippen LogP contribution is 2.26. The molecule has 3 rings (SSSR count). The van der Waals surface area contributed by atoms with Crippen molar-refractivity contribution in [3.63, 3.8) is 0 Å². The number of carbonyl (C=O) groups excluding carboxylic acids is 1. The number of hydrogen-bond donors (Lipinski definition) is 2. The van der Waals surface area contributed by atoms with Gasteiger partial charge in [0.2, 0.25) is 5.56 Å². The SMILES string of the molecule is COc1ccc([C@@H](CNC(=O)c2ccc(=O)[nH]c2)N2CCCC2)cc1. The Morgan fingerprint density at radius 3 is 2.52 bits per heavy atom. The minimum Gasteiger partial charge on any atom is -0.497 e. The van der Waals surface area contributed by atoms with Crippen LogP contribution in [0.2, 0.25) is 0 Å². The van der Waals surface area contributed by atoms with Crippen molar-refractivity contribution in [2.75, 3.05) is 26.7 Å². The van der Waals surface area contributed by atoms with Crippen molar-refractivity contribution >= 4 is 5.91 Å². The molecule has 1 amide bonds. The highest BCUT2D eigenvalue weighted by molar-refractivity contribution is 5.93. The zero-order chi connectivity index (χ0) is 17.6. The Kier molecular flexibility index (Phi) is 5.50. The fraction of sp³-hybridized carbons (Fsp3) is 0.368. The Morgan fingerprint density at radius 1 is 1.20 bits per heavy atom. The number of pyridine rings is 1. The third kappa shape index (κ3) is 4.28. The maximum Gasteiger partial charge on any atom is 0.252 e. The molecule has 0 bridgehead atoms. The number of rotatable bonds is 6. The Hall–Kier alpha value is -2.60. The molecule has 1 atom stereocenters. The molecule has 25 heavy (non-hydrogen) atoms. The lowest BCUT2D eigenvalue weighted by Crippen LogP contribution is -2.37. The van der Waals surface area contributed by atoms with Crippen molar-refractivity contribution in [2.45, 2.75) is 18.9 Å². The first-order chi connectivity index (χ1) is 12.2. The standard InChI is InChI=1S/C19H23N3O3/c1-25-16-7-4-14(5-8-16)17(22-10-2-3-11-22)13-21-19(24)15-6-9-18(23)20-12-15/h4-9,12,17H,2-3,10-11,13H2,1H3,(H,20,23)(H,21,24)/t17-/m1/s1. The number of H-pyrrole nitrogens is 1. The Labute approximate surface area is 146 Å². The van der Waals surface area contributed by atoms with E-state index < -0.39 is 0 Å². The molecule has 1 aromatic heterocycles. The van der Waals surface area contributed by atoms with Crippen molar-refractivity contribution in [3.05, 3.63) is 64.1 Å². The molecular formula is C19H23N3O3. The second-order valence-electron chi connectivity index (χ2n) is 6.18. The number of nitrogens with one attached hydrogen (secondary N) is 2. The second kappa shape index (κ2) is 7.98. The molecule has 6 nitrogen and oxygen atoms in total. The fourth-order valence-corrected chi connectivity index (χ4v) is 3.18. The van der Waals surface area contributed by atoms with E-state index in [1.165, 1.54) is 31.2 Å². The van der Waals surface area contributed by atoms with Gasteiger partial charge in [-0.3, -0.25) is 14.5 Å². The molecule has 1 aliphatic heterocycles. The van der Waals surface area contributed by atoms with Crippen LogP contribution in [0.3, 0.4) is 0 Å². The van der Waals surface area contributed by atoms with Crippen LogP contribution in [0.5, 0.6) is 5.75 Å². The van der Waals surface area contributed by atoms with Crippen LogP contribution in [0, 0.1) is 0 Å². The Bertz CT molecular complexity index is 744. The maximum absolute atomic E-state index is 12.3. The second-order valence-corrected chi connectivity index (χ2v) is 6.18. The summed E-state index contributed by atoms with van der Waals surface area (Å²) in [5, 5.41) is 2.99. The van der Waals surface area contributed by atoms with Gasteiger partial charge in [-0.1, -0.05) is 12.1 Å². The number of benzene rings is 1. The van der Waals surface area contributed by atoms with Gasteiger partial charge in [0, 0.05) is 18.8 Å². The molecule has 2 aromatic rings. The zero-order valence-corrected chi connectivity index (χ0v) is 14.3. The molecule has 2 N–H and O–H groups in total. The van der Waals surface area contributed by atoms with E-state index in [0.29, 0.717) is 12.1 Å². The summed E-state index contributed by atoms with van der Waals surface area (Å²) in [7, 11) is 1.65. The smallest absolute Gasteiger partial charge is 0.252 e. The van der Waals surface area contributed by atoms with Gasteiger partial charge in [0.25, 0.3) is 5.91 Å². The van der Waals surface area contributed by atoms with E-state index >= 15 is 0 Å². The summed E-state index contributed by atoms with van der Waals surface area (Å²) in [5.41, 5.74) is 1.39. The molecule has 0 spiro atoms. The summed E-state index contributed by atoms with van der Waals surface area (Å²) in [6.45, 7) is 2.58. The van der Waals surface area contributed by atoms with E-state index in [1.807, 2.05) is 24.3 Å². The van der Waals surface area contributed by atoms with E-state index in [1.54, 1.807) is 7.11 Å². The lowest BCUT2D eigenvalue weighted by Gasteiger charge is -2.28. The normalized spacial score (nSPS) is 15.7. The van der Waals surface area contributed by atoms with Gasteiger partial charge in [0.1, 0.15) is 5.75 Å². The number of aromatic amines is 1. The topological polar surface area (TPSA) is 74.4 Å². The first kappa shape index (κ1) is 17.2. The van der Waals surface area contributed by atoms with Gasteiger partial charge in [-0.2, -0.15) is 0 Å². The molecule has 0 aliphatic carbocycles. The van der Waals surface area contributed by atoms with E-state index in [9.17, 15) is 9.59 Å². The molecular weight excluding hydrogens is 318 g/mol. The summed E-state index contributed by atoms with van der Waals surface area (Å²) in [6.07, 6.45) is 3.80. The quantitative estimate of drug-likeness (QED) is 0.842. The molecule has 2 heterocycles. The molecule has 1 aromatic carbocycles. The lowest BCUT2D eigenvalue weighted by molar-refractivity contribution is 0.0937. The molecule has 0 unspecified atom stereocenters. The van der Waals surface area contributed by atoms with Crippen LogP contribution in [0.4, 0.5) is 0 Å². The largest absolute Gasteiger partial charge is 0.497 e. The van der Waals surface area contributed by atoms with Crippen molar-refractivity contribution in [1.29, 1.82) is 0 Å².